The number of unbranched alkanes of at least 4 members (excludes halogenated alkanes) is 20. The van der Waals surface area contributed by atoms with Crippen molar-refractivity contribution in [3.8, 4) is 0 Å². The second-order valence-corrected chi connectivity index (χ2v) is 14.0. The van der Waals surface area contributed by atoms with Gasteiger partial charge in [0, 0.05) is 6.42 Å². The van der Waals surface area contributed by atoms with Gasteiger partial charge in [-0.3, -0.25) is 4.79 Å². The molecule has 50 heavy (non-hydrogen) atoms. The summed E-state index contributed by atoms with van der Waals surface area (Å²) in [6.07, 6.45) is 58.7. The summed E-state index contributed by atoms with van der Waals surface area (Å²) in [4.78, 5) is 12.3. The van der Waals surface area contributed by atoms with Crippen LogP contribution in [0.3, 0.4) is 0 Å². The van der Waals surface area contributed by atoms with Gasteiger partial charge in [-0.2, -0.15) is 0 Å². The molecule has 0 bridgehead atoms. The quantitative estimate of drug-likeness (QED) is 0.0447. The molecule has 0 saturated carbocycles. The lowest BCUT2D eigenvalue weighted by molar-refractivity contribution is -0.122. The highest BCUT2D eigenvalue weighted by Gasteiger charge is 2.17. The van der Waals surface area contributed by atoms with Crippen LogP contribution in [0.15, 0.2) is 72.9 Å². The SMILES string of the molecule is CC/C=C\C/C=C\C/C=C\C/C=C\C/C=C\CCCC(=O)NC(CO)C(O)/C=C/CCCCCCCCCCCCCCCCCCCCC. The first-order valence-corrected chi connectivity index (χ1v) is 21.2. The van der Waals surface area contributed by atoms with E-state index in [4.69, 9.17) is 0 Å². The van der Waals surface area contributed by atoms with Gasteiger partial charge < -0.3 is 15.5 Å². The Morgan fingerprint density at radius 3 is 1.30 bits per heavy atom. The molecule has 2 unspecified atom stereocenters. The van der Waals surface area contributed by atoms with Gasteiger partial charge in [0.2, 0.25) is 5.91 Å². The lowest BCUT2D eigenvalue weighted by Gasteiger charge is -2.19. The van der Waals surface area contributed by atoms with E-state index >= 15 is 0 Å². The standard InChI is InChI=1S/C46H81NO3/c1-3-5-7-9-11-13-15-17-19-21-22-23-24-26-27-29-31-33-35-37-39-41-45(49)44(43-48)47-46(50)42-40-38-36-34-32-30-28-25-20-18-16-14-12-10-8-6-4-2/h6,8,12,14,18,20,28,30,34,36,39,41,44-45,48-49H,3-5,7,9-11,13,15-17,19,21-27,29,31-33,35,37-38,40,42-43H2,1-2H3,(H,47,50)/b8-6-,14-12-,20-18-,30-28-,36-34-,41-39+. The van der Waals surface area contributed by atoms with Crippen molar-refractivity contribution in [3.05, 3.63) is 72.9 Å². The molecular formula is C46H81NO3. The van der Waals surface area contributed by atoms with Gasteiger partial charge in [0.05, 0.1) is 18.8 Å². The summed E-state index contributed by atoms with van der Waals surface area (Å²) < 4.78 is 0. The molecule has 0 aliphatic heterocycles. The summed E-state index contributed by atoms with van der Waals surface area (Å²) in [5.41, 5.74) is 0. The van der Waals surface area contributed by atoms with Crippen molar-refractivity contribution in [2.75, 3.05) is 6.61 Å². The molecule has 4 heteroatoms. The zero-order valence-electron chi connectivity index (χ0n) is 32.9. The third kappa shape index (κ3) is 37.1. The first-order valence-electron chi connectivity index (χ1n) is 21.2. The number of nitrogens with one attached hydrogen (secondary N) is 1. The van der Waals surface area contributed by atoms with E-state index in [1.54, 1.807) is 6.08 Å². The zero-order chi connectivity index (χ0) is 36.4. The van der Waals surface area contributed by atoms with Gasteiger partial charge in [0.25, 0.3) is 0 Å². The van der Waals surface area contributed by atoms with Gasteiger partial charge in [-0.15, -0.1) is 0 Å². The predicted octanol–water partition coefficient (Wildman–Crippen LogP) is 13.1. The van der Waals surface area contributed by atoms with E-state index in [9.17, 15) is 15.0 Å². The molecule has 2 atom stereocenters. The second kappa shape index (κ2) is 41.3. The van der Waals surface area contributed by atoms with Crippen molar-refractivity contribution in [2.45, 2.75) is 206 Å². The van der Waals surface area contributed by atoms with Gasteiger partial charge >= 0.3 is 0 Å². The van der Waals surface area contributed by atoms with Crippen LogP contribution in [0.2, 0.25) is 0 Å². The maximum Gasteiger partial charge on any atom is 0.220 e. The Kier molecular flexibility index (Phi) is 39.5. The van der Waals surface area contributed by atoms with E-state index in [1.165, 1.54) is 116 Å². The highest BCUT2D eigenvalue weighted by atomic mass is 16.3. The van der Waals surface area contributed by atoms with Crippen LogP contribution in [0.4, 0.5) is 0 Å². The van der Waals surface area contributed by atoms with Crippen molar-refractivity contribution in [3.63, 3.8) is 0 Å². The lowest BCUT2D eigenvalue weighted by Crippen LogP contribution is -2.45. The highest BCUT2D eigenvalue weighted by Crippen LogP contribution is 2.15. The van der Waals surface area contributed by atoms with Gasteiger partial charge in [-0.25, -0.2) is 0 Å². The zero-order valence-corrected chi connectivity index (χ0v) is 32.9. The molecule has 0 saturated heterocycles. The van der Waals surface area contributed by atoms with Crippen molar-refractivity contribution in [1.82, 2.24) is 5.32 Å². The smallest absolute Gasteiger partial charge is 0.220 e. The Morgan fingerprint density at radius 2 is 0.880 bits per heavy atom. The molecule has 0 aromatic rings. The van der Waals surface area contributed by atoms with Crippen LogP contribution in [0.5, 0.6) is 0 Å². The first kappa shape index (κ1) is 47.8. The second-order valence-electron chi connectivity index (χ2n) is 14.0. The van der Waals surface area contributed by atoms with E-state index < -0.39 is 12.1 Å². The number of rotatable bonds is 37. The fourth-order valence-corrected chi connectivity index (χ4v) is 5.98. The molecule has 0 aliphatic carbocycles. The summed E-state index contributed by atoms with van der Waals surface area (Å²) in [6.45, 7) is 4.17. The minimum Gasteiger partial charge on any atom is -0.394 e. The Morgan fingerprint density at radius 1 is 0.500 bits per heavy atom. The van der Waals surface area contributed by atoms with Crippen LogP contribution in [0.25, 0.3) is 0 Å². The Labute approximate surface area is 310 Å². The average molecular weight is 696 g/mol. The summed E-state index contributed by atoms with van der Waals surface area (Å²) in [5, 5.41) is 22.9. The van der Waals surface area contributed by atoms with Gasteiger partial charge in [0.15, 0.2) is 0 Å². The fourth-order valence-electron chi connectivity index (χ4n) is 5.98. The molecule has 0 fully saturated rings. The Bertz CT molecular complexity index is 884. The van der Waals surface area contributed by atoms with Crippen LogP contribution >= 0.6 is 0 Å². The van der Waals surface area contributed by atoms with Crippen LogP contribution in [0.1, 0.15) is 194 Å². The molecule has 4 nitrogen and oxygen atoms in total. The number of carbonyl (C=O) groups excluding carboxylic acids is 1. The van der Waals surface area contributed by atoms with Crippen LogP contribution in [-0.2, 0) is 4.79 Å². The topological polar surface area (TPSA) is 69.6 Å². The highest BCUT2D eigenvalue weighted by molar-refractivity contribution is 5.76. The monoisotopic (exact) mass is 696 g/mol. The molecule has 3 N–H and O–H groups in total. The molecule has 1 amide bonds. The van der Waals surface area contributed by atoms with Crippen LogP contribution in [-0.4, -0.2) is 34.9 Å². The van der Waals surface area contributed by atoms with Crippen molar-refractivity contribution < 1.29 is 15.0 Å². The number of carbonyl (C=O) groups is 1. The van der Waals surface area contributed by atoms with E-state index in [2.05, 4.69) is 79.9 Å². The fraction of sp³-hybridized carbons (Fsp3) is 0.717. The average Bonchev–Trinajstić information content (AvgIpc) is 3.12. The molecule has 0 spiro atoms. The summed E-state index contributed by atoms with van der Waals surface area (Å²) in [7, 11) is 0. The van der Waals surface area contributed by atoms with Gasteiger partial charge in [-0.05, 0) is 57.8 Å². The van der Waals surface area contributed by atoms with Crippen molar-refractivity contribution in [1.29, 1.82) is 0 Å². The van der Waals surface area contributed by atoms with E-state index in [-0.39, 0.29) is 12.5 Å². The van der Waals surface area contributed by atoms with Gasteiger partial charge in [0.1, 0.15) is 0 Å². The first-order chi connectivity index (χ1) is 24.7. The molecule has 0 aromatic heterocycles. The van der Waals surface area contributed by atoms with E-state index in [1.807, 2.05) is 6.08 Å². The molecule has 0 radical (unpaired) electrons. The van der Waals surface area contributed by atoms with Gasteiger partial charge in [-0.1, -0.05) is 202 Å². The predicted molar refractivity (Wildman–Crippen MR) is 220 cm³/mol. The van der Waals surface area contributed by atoms with E-state index in [0.29, 0.717) is 6.42 Å². The molecule has 0 heterocycles. The third-order valence-electron chi connectivity index (χ3n) is 9.20. The number of allylic oxidation sites excluding steroid dienone is 11. The molecular weight excluding hydrogens is 615 g/mol. The summed E-state index contributed by atoms with van der Waals surface area (Å²) in [5.74, 6) is -0.123. The Hall–Kier alpha value is -2.17. The largest absolute Gasteiger partial charge is 0.394 e. The molecule has 0 rings (SSSR count). The summed E-state index contributed by atoms with van der Waals surface area (Å²) in [6, 6.07) is -0.655. The molecule has 288 valence electrons. The Balaban J connectivity index is 3.68. The summed E-state index contributed by atoms with van der Waals surface area (Å²) >= 11 is 0. The lowest BCUT2D eigenvalue weighted by atomic mass is 10.0. The number of amides is 1. The number of hydrogen-bond acceptors (Lipinski definition) is 3. The molecule has 0 aliphatic rings. The number of aliphatic hydroxyl groups is 2. The minimum absolute atomic E-state index is 0.123. The van der Waals surface area contributed by atoms with Crippen LogP contribution < -0.4 is 5.32 Å². The third-order valence-corrected chi connectivity index (χ3v) is 9.20. The maximum atomic E-state index is 12.3. The van der Waals surface area contributed by atoms with Crippen molar-refractivity contribution in [2.24, 2.45) is 0 Å². The van der Waals surface area contributed by atoms with Crippen LogP contribution in [0, 0.1) is 0 Å². The maximum absolute atomic E-state index is 12.3. The van der Waals surface area contributed by atoms with E-state index in [0.717, 1.165) is 57.8 Å². The number of aliphatic hydroxyl groups excluding tert-OH is 2. The van der Waals surface area contributed by atoms with Crippen molar-refractivity contribution >= 4 is 5.91 Å². The minimum atomic E-state index is -0.866. The molecule has 0 aromatic carbocycles. The normalized spacial score (nSPS) is 13.8. The number of hydrogen-bond donors (Lipinski definition) is 3.